The van der Waals surface area contributed by atoms with Crippen LogP contribution in [0.15, 0.2) is 0 Å². The maximum atomic E-state index is 10.9. The molecule has 0 aliphatic rings. The predicted octanol–water partition coefficient (Wildman–Crippen LogP) is 2.46. The van der Waals surface area contributed by atoms with Crippen molar-refractivity contribution in [2.24, 2.45) is 0 Å². The van der Waals surface area contributed by atoms with E-state index in [0.29, 0.717) is 0 Å². The lowest BCUT2D eigenvalue weighted by Gasteiger charge is -1.99. The van der Waals surface area contributed by atoms with Crippen LogP contribution in [0.3, 0.4) is 0 Å². The van der Waals surface area contributed by atoms with Crippen molar-refractivity contribution >= 4 is 5.78 Å². The van der Waals surface area contributed by atoms with Crippen molar-refractivity contribution in [1.29, 1.82) is 0 Å². The van der Waals surface area contributed by atoms with Crippen molar-refractivity contribution < 1.29 is 41.4 Å². The van der Waals surface area contributed by atoms with Crippen molar-refractivity contribution in [3.05, 3.63) is 0 Å². The lowest BCUT2D eigenvalue weighted by Crippen LogP contribution is -2.08. The third-order valence-corrected chi connectivity index (χ3v) is 0.791. The molecule has 0 amide bonds. The van der Waals surface area contributed by atoms with Gasteiger partial charge in [0.1, 0.15) is 5.78 Å². The summed E-state index contributed by atoms with van der Waals surface area (Å²) in [5, 5.41) is 15.4. The molecule has 0 aromatic rings. The van der Waals surface area contributed by atoms with Crippen LogP contribution >= 0.6 is 0 Å². The maximum absolute atomic E-state index is 10.9. The first kappa shape index (κ1) is 22.4. The van der Waals surface area contributed by atoms with Gasteiger partial charge >= 0.3 is 12.4 Å². The predicted molar refractivity (Wildman–Crippen MR) is 51.9 cm³/mol. The zero-order chi connectivity index (χ0) is 15.4. The fourth-order valence-corrected chi connectivity index (χ4v) is 0.254. The molecule has 0 saturated carbocycles. The number of aliphatic hydroxyl groups is 2. The summed E-state index contributed by atoms with van der Waals surface area (Å²) in [6.07, 6.45) is -10.6. The van der Waals surface area contributed by atoms with Gasteiger partial charge in [0.2, 0.25) is 0 Å². The Balaban J connectivity index is -0.000000196. The highest BCUT2D eigenvalue weighted by molar-refractivity contribution is 5.72. The molecule has 0 aliphatic carbocycles. The quantitative estimate of drug-likeness (QED) is 0.767. The summed E-state index contributed by atoms with van der Waals surface area (Å²) in [5.41, 5.74) is 0. The van der Waals surface area contributed by atoms with Crippen LogP contribution < -0.4 is 0 Å². The Hall–Kier alpha value is -0.830. The number of aliphatic hydroxyl groups excluding tert-OH is 2. The van der Waals surface area contributed by atoms with E-state index in [1.807, 2.05) is 0 Å². The van der Waals surface area contributed by atoms with Crippen molar-refractivity contribution in [3.8, 4) is 0 Å². The van der Waals surface area contributed by atoms with Gasteiger partial charge in [-0.25, -0.2) is 0 Å². The minimum atomic E-state index is -4.20. The molecular weight excluding hydrogens is 270 g/mol. The number of hydrogen-bond donors (Lipinski definition) is 2. The fourth-order valence-electron chi connectivity index (χ4n) is 0.254. The van der Waals surface area contributed by atoms with Crippen LogP contribution in [0.1, 0.15) is 26.7 Å². The molecule has 18 heavy (non-hydrogen) atoms. The van der Waals surface area contributed by atoms with E-state index in [-0.39, 0.29) is 5.78 Å². The van der Waals surface area contributed by atoms with Crippen LogP contribution in [-0.4, -0.2) is 41.6 Å². The van der Waals surface area contributed by atoms with E-state index in [1.54, 1.807) is 0 Å². The van der Waals surface area contributed by atoms with Crippen molar-refractivity contribution in [3.63, 3.8) is 0 Å². The van der Waals surface area contributed by atoms with Crippen LogP contribution in [0.2, 0.25) is 0 Å². The Morgan fingerprint density at radius 2 is 1.00 bits per heavy atom. The Morgan fingerprint density at radius 1 is 0.833 bits per heavy atom. The van der Waals surface area contributed by atoms with Gasteiger partial charge < -0.3 is 15.0 Å². The number of rotatable bonds is 2. The number of Topliss-reactive ketones (excluding diaryl/α,β-unsaturated/α-hetero) is 1. The SMILES string of the molecule is CC(C)=O.OCCC(F)(F)F.OCCC(F)(F)F. The first-order valence-corrected chi connectivity index (χ1v) is 4.68. The van der Waals surface area contributed by atoms with Crippen molar-refractivity contribution in [2.45, 2.75) is 39.0 Å². The minimum Gasteiger partial charge on any atom is -0.396 e. The van der Waals surface area contributed by atoms with Crippen LogP contribution in [0.25, 0.3) is 0 Å². The Kier molecular flexibility index (Phi) is 14.0. The Bertz CT molecular complexity index is 179. The van der Waals surface area contributed by atoms with Gasteiger partial charge in [-0.05, 0) is 13.8 Å². The summed E-state index contributed by atoms with van der Waals surface area (Å²) in [5.74, 6) is 0.167. The number of carbonyl (C=O) groups excluding carboxylic acids is 1. The van der Waals surface area contributed by atoms with E-state index < -0.39 is 38.4 Å². The summed E-state index contributed by atoms with van der Waals surface area (Å²) in [4.78, 5) is 9.44. The molecule has 2 N–H and O–H groups in total. The highest BCUT2D eigenvalue weighted by Gasteiger charge is 2.25. The zero-order valence-corrected chi connectivity index (χ0v) is 9.90. The standard InChI is InChI=1S/2C3H5F3O.C3H6O/c2*4-3(5,6)1-2-7;1-3(2)4/h2*7H,1-2H2;1-2H3. The molecule has 0 atom stereocenters. The fraction of sp³-hybridized carbons (Fsp3) is 0.889. The largest absolute Gasteiger partial charge is 0.396 e. The van der Waals surface area contributed by atoms with Gasteiger partial charge in [0.15, 0.2) is 0 Å². The van der Waals surface area contributed by atoms with Crippen LogP contribution in [0, 0.1) is 0 Å². The molecular formula is C9H16F6O3. The summed E-state index contributed by atoms with van der Waals surface area (Å²) < 4.78 is 65.4. The lowest BCUT2D eigenvalue weighted by atomic mass is 10.5. The highest BCUT2D eigenvalue weighted by Crippen LogP contribution is 2.18. The molecule has 0 spiro atoms. The topological polar surface area (TPSA) is 57.5 Å². The smallest absolute Gasteiger partial charge is 0.391 e. The second-order valence-corrected chi connectivity index (χ2v) is 3.09. The Labute approximate surface area is 100 Å². The highest BCUT2D eigenvalue weighted by atomic mass is 19.4. The summed E-state index contributed by atoms with van der Waals surface area (Å²) in [6.45, 7) is 1.42. The first-order valence-electron chi connectivity index (χ1n) is 4.68. The second-order valence-electron chi connectivity index (χ2n) is 3.09. The van der Waals surface area contributed by atoms with Gasteiger partial charge in [0, 0.05) is 0 Å². The summed E-state index contributed by atoms with van der Waals surface area (Å²) in [7, 11) is 0. The van der Waals surface area contributed by atoms with Crippen LogP contribution in [-0.2, 0) is 4.79 Å². The van der Waals surface area contributed by atoms with Gasteiger partial charge in [-0.1, -0.05) is 0 Å². The van der Waals surface area contributed by atoms with Gasteiger partial charge in [0.05, 0.1) is 26.1 Å². The number of hydrogen-bond acceptors (Lipinski definition) is 3. The molecule has 0 aliphatic heterocycles. The molecule has 0 unspecified atom stereocenters. The van der Waals surface area contributed by atoms with Gasteiger partial charge in [-0.2, -0.15) is 26.3 Å². The molecule has 9 heteroatoms. The zero-order valence-electron chi connectivity index (χ0n) is 9.90. The van der Waals surface area contributed by atoms with E-state index in [9.17, 15) is 31.1 Å². The molecule has 0 rings (SSSR count). The number of halogens is 6. The Morgan fingerprint density at radius 3 is 1.00 bits per heavy atom. The van der Waals surface area contributed by atoms with Crippen molar-refractivity contribution in [2.75, 3.05) is 13.2 Å². The molecule has 0 fully saturated rings. The second kappa shape index (κ2) is 11.3. The normalized spacial score (nSPS) is 10.8. The monoisotopic (exact) mass is 286 g/mol. The first-order chi connectivity index (χ1) is 7.85. The number of ketones is 1. The number of alkyl halides is 6. The third kappa shape index (κ3) is 59.2. The van der Waals surface area contributed by atoms with E-state index in [1.165, 1.54) is 13.8 Å². The van der Waals surface area contributed by atoms with Crippen LogP contribution in [0.5, 0.6) is 0 Å². The lowest BCUT2D eigenvalue weighted by molar-refractivity contribution is -0.142. The van der Waals surface area contributed by atoms with Gasteiger partial charge in [-0.3, -0.25) is 0 Å². The third-order valence-electron chi connectivity index (χ3n) is 0.791. The molecule has 112 valence electrons. The number of carbonyl (C=O) groups is 1. The van der Waals surface area contributed by atoms with Gasteiger partial charge in [-0.15, -0.1) is 0 Å². The molecule has 3 nitrogen and oxygen atoms in total. The molecule has 0 radical (unpaired) electrons. The van der Waals surface area contributed by atoms with Gasteiger partial charge in [0.25, 0.3) is 0 Å². The van der Waals surface area contributed by atoms with Crippen molar-refractivity contribution in [1.82, 2.24) is 0 Å². The minimum absolute atomic E-state index is 0.167. The maximum Gasteiger partial charge on any atom is 0.391 e. The average Bonchev–Trinajstić information content (AvgIpc) is 1.97. The summed E-state index contributed by atoms with van der Waals surface area (Å²) >= 11 is 0. The van der Waals surface area contributed by atoms with E-state index in [4.69, 9.17) is 10.2 Å². The molecule has 0 heterocycles. The molecule has 0 aromatic heterocycles. The molecule has 0 bridgehead atoms. The summed E-state index contributed by atoms with van der Waals surface area (Å²) in [6, 6.07) is 0. The average molecular weight is 286 g/mol. The van der Waals surface area contributed by atoms with E-state index in [2.05, 4.69) is 0 Å². The van der Waals surface area contributed by atoms with Crippen LogP contribution in [0.4, 0.5) is 26.3 Å². The molecule has 0 saturated heterocycles. The molecule has 0 aromatic carbocycles. The van der Waals surface area contributed by atoms with E-state index in [0.717, 1.165) is 0 Å². The van der Waals surface area contributed by atoms with E-state index >= 15 is 0 Å².